The molecule has 5 heteroatoms. The molecule has 0 radical (unpaired) electrons. The lowest BCUT2D eigenvalue weighted by atomic mass is 10.1. The van der Waals surface area contributed by atoms with Crippen molar-refractivity contribution in [2.45, 2.75) is 44.7 Å². The first-order valence-corrected chi connectivity index (χ1v) is 7.03. The summed E-state index contributed by atoms with van der Waals surface area (Å²) >= 11 is 0. The summed E-state index contributed by atoms with van der Waals surface area (Å²) in [7, 11) is -0.672. The second kappa shape index (κ2) is 6.23. The van der Waals surface area contributed by atoms with Crippen molar-refractivity contribution < 1.29 is 9.00 Å². The Kier molecular flexibility index (Phi) is 5.25. The Labute approximate surface area is 93.4 Å². The summed E-state index contributed by atoms with van der Waals surface area (Å²) in [4.78, 5) is 11.6. The Morgan fingerprint density at radius 3 is 2.67 bits per heavy atom. The predicted octanol–water partition coefficient (Wildman–Crippen LogP) is 0.141. The van der Waals surface area contributed by atoms with Gasteiger partial charge in [-0.3, -0.25) is 9.00 Å². The highest BCUT2D eigenvalue weighted by atomic mass is 32.2. The van der Waals surface area contributed by atoms with Crippen LogP contribution in [0.1, 0.15) is 32.6 Å². The van der Waals surface area contributed by atoms with Crippen LogP contribution in [-0.2, 0) is 15.6 Å². The molecule has 1 atom stereocenters. The van der Waals surface area contributed by atoms with Gasteiger partial charge in [-0.15, -0.1) is 0 Å². The van der Waals surface area contributed by atoms with E-state index in [9.17, 15) is 9.00 Å². The van der Waals surface area contributed by atoms with Gasteiger partial charge < -0.3 is 11.1 Å². The van der Waals surface area contributed by atoms with E-state index in [0.717, 1.165) is 25.7 Å². The maximum absolute atomic E-state index is 11.6. The second-order valence-corrected chi connectivity index (χ2v) is 5.72. The van der Waals surface area contributed by atoms with E-state index in [1.165, 1.54) is 0 Å². The number of nitrogens with two attached hydrogens (primary N) is 1. The summed E-state index contributed by atoms with van der Waals surface area (Å²) in [6.45, 7) is 2.01. The van der Waals surface area contributed by atoms with E-state index in [1.54, 1.807) is 0 Å². The maximum atomic E-state index is 11.6. The van der Waals surface area contributed by atoms with E-state index >= 15 is 0 Å². The van der Waals surface area contributed by atoms with Crippen LogP contribution in [0.2, 0.25) is 0 Å². The van der Waals surface area contributed by atoms with E-state index in [4.69, 9.17) is 5.73 Å². The summed E-state index contributed by atoms with van der Waals surface area (Å²) in [5, 5.41) is 2.93. The van der Waals surface area contributed by atoms with Crippen LogP contribution in [0.4, 0.5) is 0 Å². The molecule has 0 aromatic carbocycles. The van der Waals surface area contributed by atoms with Crippen molar-refractivity contribution in [2.75, 3.05) is 11.5 Å². The number of amides is 1. The lowest BCUT2D eigenvalue weighted by molar-refractivity contribution is -0.123. The molecule has 0 unspecified atom stereocenters. The van der Waals surface area contributed by atoms with Crippen LogP contribution in [0, 0.1) is 0 Å². The fourth-order valence-corrected chi connectivity index (χ4v) is 2.99. The van der Waals surface area contributed by atoms with Gasteiger partial charge in [0.25, 0.3) is 0 Å². The fourth-order valence-electron chi connectivity index (χ4n) is 1.69. The molecule has 1 saturated heterocycles. The Bertz CT molecular complexity index is 236. The number of rotatable bonds is 4. The maximum Gasteiger partial charge on any atom is 0.237 e. The fraction of sp³-hybridized carbons (Fsp3) is 0.900. The summed E-state index contributed by atoms with van der Waals surface area (Å²) in [6, 6.07) is -0.208. The standard InChI is InChI=1S/C10H20N2O2S/c1-2-3-9(11)10(13)12-8-4-6-15(14)7-5-8/h8-9H,2-7,11H2,1H3,(H,12,13)/t8?,9-,15?/m0/s1. The zero-order valence-electron chi connectivity index (χ0n) is 9.20. The third-order valence-electron chi connectivity index (χ3n) is 2.67. The number of carbonyl (C=O) groups excluding carboxylic acids is 1. The van der Waals surface area contributed by atoms with Crippen LogP contribution >= 0.6 is 0 Å². The van der Waals surface area contributed by atoms with Crippen LogP contribution in [0.3, 0.4) is 0 Å². The molecule has 0 saturated carbocycles. The second-order valence-electron chi connectivity index (χ2n) is 4.03. The third kappa shape index (κ3) is 4.30. The van der Waals surface area contributed by atoms with Crippen LogP contribution in [0.25, 0.3) is 0 Å². The Morgan fingerprint density at radius 1 is 1.53 bits per heavy atom. The van der Waals surface area contributed by atoms with Gasteiger partial charge in [-0.25, -0.2) is 0 Å². The highest BCUT2D eigenvalue weighted by molar-refractivity contribution is 7.85. The van der Waals surface area contributed by atoms with Crippen molar-refractivity contribution in [2.24, 2.45) is 5.73 Å². The molecule has 1 aliphatic rings. The van der Waals surface area contributed by atoms with Gasteiger partial charge in [0.15, 0.2) is 0 Å². The van der Waals surface area contributed by atoms with Crippen LogP contribution in [-0.4, -0.2) is 33.7 Å². The SMILES string of the molecule is CCC[C@H](N)C(=O)NC1CCS(=O)CC1. The van der Waals surface area contributed by atoms with Gasteiger partial charge in [-0.2, -0.15) is 0 Å². The highest BCUT2D eigenvalue weighted by Gasteiger charge is 2.21. The first kappa shape index (κ1) is 12.6. The van der Waals surface area contributed by atoms with Gasteiger partial charge in [-0.1, -0.05) is 13.3 Å². The lowest BCUT2D eigenvalue weighted by Gasteiger charge is -2.24. The molecule has 0 bridgehead atoms. The van der Waals surface area contributed by atoms with E-state index in [-0.39, 0.29) is 18.0 Å². The first-order chi connectivity index (χ1) is 7.13. The molecule has 0 spiro atoms. The molecule has 4 nitrogen and oxygen atoms in total. The molecular formula is C10H20N2O2S. The molecule has 0 aliphatic carbocycles. The average molecular weight is 232 g/mol. The minimum Gasteiger partial charge on any atom is -0.352 e. The Hall–Kier alpha value is -0.420. The summed E-state index contributed by atoms with van der Waals surface area (Å²) in [5.74, 6) is 1.34. The zero-order valence-corrected chi connectivity index (χ0v) is 10.0. The van der Waals surface area contributed by atoms with Crippen molar-refractivity contribution >= 4 is 16.7 Å². The quantitative estimate of drug-likeness (QED) is 0.724. The van der Waals surface area contributed by atoms with Gasteiger partial charge in [-0.05, 0) is 19.3 Å². The molecule has 3 N–H and O–H groups in total. The van der Waals surface area contributed by atoms with Crippen molar-refractivity contribution in [1.82, 2.24) is 5.32 Å². The Balaban J connectivity index is 2.28. The largest absolute Gasteiger partial charge is 0.352 e. The van der Waals surface area contributed by atoms with Gasteiger partial charge in [0.1, 0.15) is 0 Å². The van der Waals surface area contributed by atoms with Gasteiger partial charge >= 0.3 is 0 Å². The zero-order chi connectivity index (χ0) is 11.3. The summed E-state index contributed by atoms with van der Waals surface area (Å²) in [6.07, 6.45) is 3.28. The smallest absolute Gasteiger partial charge is 0.237 e. The normalized spacial score (nSPS) is 28.4. The number of carbonyl (C=O) groups is 1. The molecule has 1 aliphatic heterocycles. The lowest BCUT2D eigenvalue weighted by Crippen LogP contribution is -2.47. The van der Waals surface area contributed by atoms with Crippen LogP contribution in [0.15, 0.2) is 0 Å². The van der Waals surface area contributed by atoms with E-state index in [0.29, 0.717) is 11.5 Å². The molecule has 1 heterocycles. The average Bonchev–Trinajstić information content (AvgIpc) is 2.22. The minimum atomic E-state index is -0.672. The molecule has 88 valence electrons. The molecule has 1 rings (SSSR count). The highest BCUT2D eigenvalue weighted by Crippen LogP contribution is 2.09. The molecule has 15 heavy (non-hydrogen) atoms. The van der Waals surface area contributed by atoms with Crippen molar-refractivity contribution in [3.05, 3.63) is 0 Å². The van der Waals surface area contributed by atoms with Crippen LogP contribution in [0.5, 0.6) is 0 Å². The van der Waals surface area contributed by atoms with E-state index < -0.39 is 10.8 Å². The molecule has 0 aromatic rings. The predicted molar refractivity (Wildman–Crippen MR) is 61.9 cm³/mol. The molecule has 1 amide bonds. The topological polar surface area (TPSA) is 72.2 Å². The number of nitrogens with one attached hydrogen (secondary N) is 1. The van der Waals surface area contributed by atoms with Crippen molar-refractivity contribution in [3.63, 3.8) is 0 Å². The van der Waals surface area contributed by atoms with Gasteiger partial charge in [0.05, 0.1) is 6.04 Å². The molecular weight excluding hydrogens is 212 g/mol. The molecule has 0 aromatic heterocycles. The first-order valence-electron chi connectivity index (χ1n) is 5.54. The number of hydrogen-bond donors (Lipinski definition) is 2. The van der Waals surface area contributed by atoms with Crippen LogP contribution < -0.4 is 11.1 Å². The third-order valence-corrected chi connectivity index (χ3v) is 4.05. The van der Waals surface area contributed by atoms with E-state index in [2.05, 4.69) is 5.32 Å². The molecule has 1 fully saturated rings. The van der Waals surface area contributed by atoms with Gasteiger partial charge in [0, 0.05) is 28.3 Å². The van der Waals surface area contributed by atoms with E-state index in [1.807, 2.05) is 6.92 Å². The van der Waals surface area contributed by atoms with Crippen molar-refractivity contribution in [1.29, 1.82) is 0 Å². The van der Waals surface area contributed by atoms with Gasteiger partial charge in [0.2, 0.25) is 5.91 Å². The summed E-state index contributed by atoms with van der Waals surface area (Å²) < 4.78 is 11.1. The minimum absolute atomic E-state index is 0.0606. The van der Waals surface area contributed by atoms with Crippen molar-refractivity contribution in [3.8, 4) is 0 Å². The Morgan fingerprint density at radius 2 is 2.13 bits per heavy atom. The monoisotopic (exact) mass is 232 g/mol. The summed E-state index contributed by atoms with van der Waals surface area (Å²) in [5.41, 5.74) is 5.70. The number of hydrogen-bond acceptors (Lipinski definition) is 3.